The van der Waals surface area contributed by atoms with E-state index in [0.29, 0.717) is 0 Å². The molecule has 0 saturated carbocycles. The van der Waals surface area contributed by atoms with E-state index < -0.39 is 29.8 Å². The Balaban J connectivity index is 2.52. The van der Waals surface area contributed by atoms with Gasteiger partial charge in [0, 0.05) is 12.0 Å². The van der Waals surface area contributed by atoms with Gasteiger partial charge in [0.25, 0.3) is 0 Å². The quantitative estimate of drug-likeness (QED) is 0.773. The van der Waals surface area contributed by atoms with Crippen molar-refractivity contribution in [2.24, 2.45) is 0 Å². The van der Waals surface area contributed by atoms with E-state index in [2.05, 4.69) is 0 Å². The maximum Gasteiger partial charge on any atom is 0.419 e. The molecule has 0 aromatic heterocycles. The van der Waals surface area contributed by atoms with Crippen LogP contribution < -0.4 is 0 Å². The van der Waals surface area contributed by atoms with Crippen LogP contribution in [0.1, 0.15) is 23.1 Å². The Labute approximate surface area is 106 Å². The molecule has 0 atom stereocenters. The van der Waals surface area contributed by atoms with Gasteiger partial charge < -0.3 is 0 Å². The molecule has 0 amide bonds. The molecule has 2 rings (SSSR count). The molecule has 0 aliphatic heterocycles. The van der Waals surface area contributed by atoms with Crippen molar-refractivity contribution in [1.82, 2.24) is 0 Å². The second-order valence-corrected chi connectivity index (χ2v) is 4.10. The van der Waals surface area contributed by atoms with E-state index in [1.54, 1.807) is 6.07 Å². The Morgan fingerprint density at radius 1 is 1.37 bits per heavy atom. The van der Waals surface area contributed by atoms with Crippen molar-refractivity contribution < 1.29 is 22.4 Å². The van der Waals surface area contributed by atoms with E-state index in [-0.39, 0.29) is 23.1 Å². The highest BCUT2D eigenvalue weighted by molar-refractivity contribution is 6.03. The number of rotatable bonds is 2. The molecular formula is C13H7F4NO. The summed E-state index contributed by atoms with van der Waals surface area (Å²) in [5, 5.41) is 8.40. The minimum Gasteiger partial charge on any atom is -0.293 e. The fourth-order valence-electron chi connectivity index (χ4n) is 2.04. The normalized spacial score (nSPS) is 13.7. The second kappa shape index (κ2) is 4.50. The SMILES string of the molecule is N#CCC(=O)C1=Cc2c(ccc(F)c2C(F)(F)F)C1. The number of carbonyl (C=O) groups is 1. The Morgan fingerprint density at radius 2 is 2.05 bits per heavy atom. The third-order valence-corrected chi connectivity index (χ3v) is 2.87. The van der Waals surface area contributed by atoms with Gasteiger partial charge in [-0.1, -0.05) is 6.07 Å². The number of alkyl halides is 3. The third-order valence-electron chi connectivity index (χ3n) is 2.87. The summed E-state index contributed by atoms with van der Waals surface area (Å²) in [5.74, 6) is -1.90. The fraction of sp³-hybridized carbons (Fsp3) is 0.231. The molecule has 19 heavy (non-hydrogen) atoms. The zero-order chi connectivity index (χ0) is 14.2. The van der Waals surface area contributed by atoms with Gasteiger partial charge in [-0.05, 0) is 23.3 Å². The number of benzene rings is 1. The first-order chi connectivity index (χ1) is 8.84. The van der Waals surface area contributed by atoms with Gasteiger partial charge in [0.1, 0.15) is 5.82 Å². The van der Waals surface area contributed by atoms with Crippen LogP contribution in [0.25, 0.3) is 6.08 Å². The number of hydrogen-bond donors (Lipinski definition) is 0. The van der Waals surface area contributed by atoms with E-state index in [1.807, 2.05) is 0 Å². The Kier molecular flexibility index (Phi) is 3.14. The van der Waals surface area contributed by atoms with Crippen LogP contribution in [0.15, 0.2) is 17.7 Å². The van der Waals surface area contributed by atoms with Crippen LogP contribution in [0.5, 0.6) is 0 Å². The molecule has 0 radical (unpaired) electrons. The molecular weight excluding hydrogens is 262 g/mol. The number of fused-ring (bicyclic) bond motifs is 1. The summed E-state index contributed by atoms with van der Waals surface area (Å²) in [6.45, 7) is 0. The Bertz CT molecular complexity index is 623. The largest absolute Gasteiger partial charge is 0.419 e. The lowest BCUT2D eigenvalue weighted by Gasteiger charge is -2.12. The first-order valence-corrected chi connectivity index (χ1v) is 5.34. The highest BCUT2D eigenvalue weighted by Crippen LogP contribution is 2.39. The van der Waals surface area contributed by atoms with Gasteiger partial charge in [0.05, 0.1) is 18.1 Å². The zero-order valence-electron chi connectivity index (χ0n) is 9.51. The third kappa shape index (κ3) is 2.36. The summed E-state index contributed by atoms with van der Waals surface area (Å²) in [5.41, 5.74) is -1.32. The molecule has 0 unspecified atom stereocenters. The van der Waals surface area contributed by atoms with E-state index in [4.69, 9.17) is 5.26 Å². The van der Waals surface area contributed by atoms with Crippen molar-refractivity contribution in [3.63, 3.8) is 0 Å². The van der Waals surface area contributed by atoms with E-state index in [0.717, 1.165) is 12.1 Å². The van der Waals surface area contributed by atoms with E-state index in [9.17, 15) is 22.4 Å². The number of nitriles is 1. The number of carbonyl (C=O) groups excluding carboxylic acids is 1. The summed E-state index contributed by atoms with van der Waals surface area (Å²) < 4.78 is 51.7. The number of allylic oxidation sites excluding steroid dienone is 1. The summed E-state index contributed by atoms with van der Waals surface area (Å²) in [6, 6.07) is 3.61. The monoisotopic (exact) mass is 269 g/mol. The molecule has 1 aromatic carbocycles. The average Bonchev–Trinajstić information content (AvgIpc) is 2.70. The number of ketones is 1. The Hall–Kier alpha value is -2.16. The summed E-state index contributed by atoms with van der Waals surface area (Å²) in [6.07, 6.45) is -4.19. The molecule has 0 spiro atoms. The van der Waals surface area contributed by atoms with Crippen molar-refractivity contribution >= 4 is 11.9 Å². The molecule has 0 bridgehead atoms. The highest BCUT2D eigenvalue weighted by atomic mass is 19.4. The van der Waals surface area contributed by atoms with Crippen molar-refractivity contribution in [1.29, 1.82) is 5.26 Å². The van der Waals surface area contributed by atoms with Gasteiger partial charge in [-0.2, -0.15) is 18.4 Å². The van der Waals surface area contributed by atoms with Gasteiger partial charge >= 0.3 is 6.18 Å². The van der Waals surface area contributed by atoms with E-state index >= 15 is 0 Å². The number of Topliss-reactive ketones (excluding diaryl/α,β-unsaturated/α-hetero) is 1. The maximum absolute atomic E-state index is 13.3. The minimum atomic E-state index is -4.82. The van der Waals surface area contributed by atoms with Gasteiger partial charge in [-0.3, -0.25) is 4.79 Å². The molecule has 98 valence electrons. The lowest BCUT2D eigenvalue weighted by molar-refractivity contribution is -0.140. The molecule has 0 N–H and O–H groups in total. The number of nitrogens with zero attached hydrogens (tertiary/aromatic N) is 1. The molecule has 0 fully saturated rings. The molecule has 1 aliphatic rings. The van der Waals surface area contributed by atoms with Crippen LogP contribution >= 0.6 is 0 Å². The van der Waals surface area contributed by atoms with Gasteiger partial charge in [0.2, 0.25) is 0 Å². The number of halogens is 4. The fourth-order valence-corrected chi connectivity index (χ4v) is 2.04. The Morgan fingerprint density at radius 3 is 2.63 bits per heavy atom. The maximum atomic E-state index is 13.3. The summed E-state index contributed by atoms with van der Waals surface area (Å²) >= 11 is 0. The van der Waals surface area contributed by atoms with Crippen LogP contribution in [0.3, 0.4) is 0 Å². The predicted octanol–water partition coefficient (Wildman–Crippen LogP) is 3.27. The molecule has 2 nitrogen and oxygen atoms in total. The zero-order valence-corrected chi connectivity index (χ0v) is 9.51. The first-order valence-electron chi connectivity index (χ1n) is 5.34. The van der Waals surface area contributed by atoms with Crippen LogP contribution in [-0.4, -0.2) is 5.78 Å². The lowest BCUT2D eigenvalue weighted by atomic mass is 10.0. The number of hydrogen-bond acceptors (Lipinski definition) is 2. The second-order valence-electron chi connectivity index (χ2n) is 4.10. The van der Waals surface area contributed by atoms with Gasteiger partial charge in [-0.25, -0.2) is 4.39 Å². The lowest BCUT2D eigenvalue weighted by Crippen LogP contribution is -2.11. The van der Waals surface area contributed by atoms with Crippen molar-refractivity contribution in [3.8, 4) is 6.07 Å². The average molecular weight is 269 g/mol. The predicted molar refractivity (Wildman–Crippen MR) is 58.3 cm³/mol. The topological polar surface area (TPSA) is 40.9 Å². The highest BCUT2D eigenvalue weighted by Gasteiger charge is 2.38. The molecule has 0 saturated heterocycles. The minimum absolute atomic E-state index is 0.000787. The molecule has 1 aliphatic carbocycles. The van der Waals surface area contributed by atoms with Crippen LogP contribution in [0, 0.1) is 17.1 Å². The van der Waals surface area contributed by atoms with Crippen LogP contribution in [-0.2, 0) is 17.4 Å². The van der Waals surface area contributed by atoms with Crippen LogP contribution in [0.4, 0.5) is 17.6 Å². The van der Waals surface area contributed by atoms with Crippen LogP contribution in [0.2, 0.25) is 0 Å². The summed E-state index contributed by atoms with van der Waals surface area (Å²) in [4.78, 5) is 11.5. The van der Waals surface area contributed by atoms with Crippen molar-refractivity contribution in [3.05, 3.63) is 40.2 Å². The molecule has 1 aromatic rings. The first kappa shape index (κ1) is 13.3. The molecule has 6 heteroatoms. The summed E-state index contributed by atoms with van der Waals surface area (Å²) in [7, 11) is 0. The van der Waals surface area contributed by atoms with Crippen molar-refractivity contribution in [2.45, 2.75) is 19.0 Å². The van der Waals surface area contributed by atoms with Gasteiger partial charge in [0.15, 0.2) is 5.78 Å². The molecule has 0 heterocycles. The standard InChI is InChI=1S/C13H7F4NO/c14-10-2-1-7-5-8(11(19)3-4-18)6-9(7)12(10)13(15,16)17/h1-2,6H,3,5H2. The smallest absolute Gasteiger partial charge is 0.293 e. The van der Waals surface area contributed by atoms with E-state index in [1.165, 1.54) is 6.07 Å². The van der Waals surface area contributed by atoms with Gasteiger partial charge in [-0.15, -0.1) is 0 Å². The van der Waals surface area contributed by atoms with Crippen molar-refractivity contribution in [2.75, 3.05) is 0 Å².